The summed E-state index contributed by atoms with van der Waals surface area (Å²) in [5.41, 5.74) is 1.88. The lowest BCUT2D eigenvalue weighted by atomic mass is 10.1. The first kappa shape index (κ1) is 14.7. The molecule has 0 amide bonds. The number of rotatable bonds is 5. The van der Waals surface area contributed by atoms with Crippen molar-refractivity contribution in [3.63, 3.8) is 0 Å². The number of benzene rings is 1. The molecular formula is C16H22N2O2. The Bertz CT molecular complexity index is 491. The number of hydrogen-bond donors (Lipinski definition) is 1. The van der Waals surface area contributed by atoms with E-state index in [4.69, 9.17) is 0 Å². The molecule has 0 aliphatic carbocycles. The number of likely N-dealkylation sites (tertiary alicyclic amines) is 1. The van der Waals surface area contributed by atoms with Gasteiger partial charge >= 0.3 is 0 Å². The monoisotopic (exact) mass is 274 g/mol. The number of hydrogen-bond acceptors (Lipinski definition) is 4. The molecule has 0 aromatic heterocycles. The first-order valence-electron chi connectivity index (χ1n) is 7.21. The Balaban J connectivity index is 1.93. The molecule has 1 fully saturated rings. The Kier molecular flexibility index (Phi) is 5.30. The van der Waals surface area contributed by atoms with Gasteiger partial charge in [-0.15, -0.1) is 0 Å². The fourth-order valence-electron chi connectivity index (χ4n) is 2.57. The molecule has 0 unspecified atom stereocenters. The van der Waals surface area contributed by atoms with Crippen molar-refractivity contribution in [2.24, 2.45) is 4.99 Å². The maximum Gasteiger partial charge on any atom is 0.153 e. The van der Waals surface area contributed by atoms with Crippen LogP contribution in [0.3, 0.4) is 0 Å². The fourth-order valence-corrected chi connectivity index (χ4v) is 2.57. The highest BCUT2D eigenvalue weighted by Crippen LogP contribution is 2.21. The summed E-state index contributed by atoms with van der Waals surface area (Å²) in [4.78, 5) is 17.7. The van der Waals surface area contributed by atoms with E-state index in [1.54, 1.807) is 12.3 Å². The number of aryl methyl sites for hydroxylation is 1. The van der Waals surface area contributed by atoms with Crippen molar-refractivity contribution in [3.05, 3.63) is 28.8 Å². The standard InChI is InChI=1S/C16H22N2O2/c1-13-9-14(16(20)15(10-13)12-19)11-17-5-8-18-6-3-2-4-7-18/h9-12,20H,2-8H2,1H3. The van der Waals surface area contributed by atoms with E-state index in [0.29, 0.717) is 17.4 Å². The van der Waals surface area contributed by atoms with E-state index in [9.17, 15) is 9.90 Å². The van der Waals surface area contributed by atoms with E-state index >= 15 is 0 Å². The molecule has 0 bridgehead atoms. The van der Waals surface area contributed by atoms with Crippen LogP contribution in [0.1, 0.15) is 40.7 Å². The quantitative estimate of drug-likeness (QED) is 0.662. The Labute approximate surface area is 120 Å². The lowest BCUT2D eigenvalue weighted by Gasteiger charge is -2.25. The lowest BCUT2D eigenvalue weighted by molar-refractivity contribution is 0.112. The van der Waals surface area contributed by atoms with E-state index in [1.165, 1.54) is 32.4 Å². The molecule has 1 aromatic rings. The molecule has 108 valence electrons. The topological polar surface area (TPSA) is 52.9 Å². The van der Waals surface area contributed by atoms with Crippen LogP contribution >= 0.6 is 0 Å². The average Bonchev–Trinajstić information content (AvgIpc) is 2.47. The summed E-state index contributed by atoms with van der Waals surface area (Å²) in [6, 6.07) is 3.51. The fraction of sp³-hybridized carbons (Fsp3) is 0.500. The molecule has 1 aromatic carbocycles. The van der Waals surface area contributed by atoms with Gasteiger partial charge in [0.25, 0.3) is 0 Å². The molecule has 4 heteroatoms. The molecule has 1 saturated heterocycles. The van der Waals surface area contributed by atoms with Crippen molar-refractivity contribution in [1.82, 2.24) is 4.90 Å². The van der Waals surface area contributed by atoms with Crippen LogP contribution < -0.4 is 0 Å². The SMILES string of the molecule is Cc1cc(C=O)c(O)c(C=NCCN2CCCCC2)c1. The zero-order valence-corrected chi connectivity index (χ0v) is 12.0. The summed E-state index contributed by atoms with van der Waals surface area (Å²) >= 11 is 0. The second kappa shape index (κ2) is 7.20. The van der Waals surface area contributed by atoms with Crippen molar-refractivity contribution >= 4 is 12.5 Å². The molecule has 4 nitrogen and oxygen atoms in total. The molecule has 1 heterocycles. The molecule has 0 saturated carbocycles. The van der Waals surface area contributed by atoms with Gasteiger partial charge in [-0.2, -0.15) is 0 Å². The zero-order valence-electron chi connectivity index (χ0n) is 12.0. The van der Waals surface area contributed by atoms with Crippen LogP contribution in [0.4, 0.5) is 0 Å². The van der Waals surface area contributed by atoms with E-state index < -0.39 is 0 Å². The smallest absolute Gasteiger partial charge is 0.153 e. The van der Waals surface area contributed by atoms with Gasteiger partial charge in [-0.3, -0.25) is 9.79 Å². The maximum absolute atomic E-state index is 10.9. The number of piperidine rings is 1. The Morgan fingerprint density at radius 2 is 1.95 bits per heavy atom. The number of aldehydes is 1. The zero-order chi connectivity index (χ0) is 14.4. The maximum atomic E-state index is 10.9. The number of carbonyl (C=O) groups excluding carboxylic acids is 1. The summed E-state index contributed by atoms with van der Waals surface area (Å²) in [6.45, 7) is 5.92. The lowest BCUT2D eigenvalue weighted by Crippen LogP contribution is -2.31. The van der Waals surface area contributed by atoms with Gasteiger partial charge in [0.15, 0.2) is 6.29 Å². The number of carbonyl (C=O) groups is 1. The van der Waals surface area contributed by atoms with Crippen LogP contribution in [-0.2, 0) is 0 Å². The number of aliphatic imine (C=N–C) groups is 1. The minimum absolute atomic E-state index is 0.0207. The molecule has 0 spiro atoms. The Morgan fingerprint density at radius 1 is 1.25 bits per heavy atom. The largest absolute Gasteiger partial charge is 0.507 e. The molecule has 1 N–H and O–H groups in total. The third-order valence-corrected chi connectivity index (χ3v) is 3.66. The van der Waals surface area contributed by atoms with Crippen LogP contribution in [0, 0.1) is 6.92 Å². The number of phenolic OH excluding ortho intramolecular Hbond substituents is 1. The minimum Gasteiger partial charge on any atom is -0.507 e. The van der Waals surface area contributed by atoms with Gasteiger partial charge in [0.2, 0.25) is 0 Å². The van der Waals surface area contributed by atoms with Crippen molar-refractivity contribution in [1.29, 1.82) is 0 Å². The predicted molar refractivity (Wildman–Crippen MR) is 81.0 cm³/mol. The van der Waals surface area contributed by atoms with Crippen LogP contribution in [0.5, 0.6) is 5.75 Å². The molecule has 0 atom stereocenters. The summed E-state index contributed by atoms with van der Waals surface area (Å²) in [5.74, 6) is 0.0207. The van der Waals surface area contributed by atoms with Gasteiger partial charge in [0, 0.05) is 18.3 Å². The van der Waals surface area contributed by atoms with Crippen molar-refractivity contribution < 1.29 is 9.90 Å². The molecule has 20 heavy (non-hydrogen) atoms. The highest BCUT2D eigenvalue weighted by Gasteiger charge is 2.09. The first-order chi connectivity index (χ1) is 9.70. The van der Waals surface area contributed by atoms with Gasteiger partial charge in [-0.05, 0) is 50.6 Å². The van der Waals surface area contributed by atoms with Crippen molar-refractivity contribution in [2.75, 3.05) is 26.2 Å². The molecule has 1 aliphatic rings. The van der Waals surface area contributed by atoms with Crippen LogP contribution in [0.25, 0.3) is 0 Å². The Hall–Kier alpha value is -1.68. The third-order valence-electron chi connectivity index (χ3n) is 3.66. The van der Waals surface area contributed by atoms with Crippen molar-refractivity contribution in [2.45, 2.75) is 26.2 Å². The predicted octanol–water partition coefficient (Wildman–Crippen LogP) is 2.42. The van der Waals surface area contributed by atoms with E-state index in [2.05, 4.69) is 9.89 Å². The third kappa shape index (κ3) is 3.90. The number of phenols is 1. The van der Waals surface area contributed by atoms with Gasteiger partial charge in [0.1, 0.15) is 5.75 Å². The van der Waals surface area contributed by atoms with Gasteiger partial charge in [-0.1, -0.05) is 6.42 Å². The van der Waals surface area contributed by atoms with Crippen molar-refractivity contribution in [3.8, 4) is 5.75 Å². The normalized spacial score (nSPS) is 16.6. The van der Waals surface area contributed by atoms with E-state index in [0.717, 1.165) is 18.7 Å². The number of nitrogens with zero attached hydrogens (tertiary/aromatic N) is 2. The molecule has 0 radical (unpaired) electrons. The highest BCUT2D eigenvalue weighted by molar-refractivity contribution is 5.90. The molecule has 1 aliphatic heterocycles. The van der Waals surface area contributed by atoms with Crippen LogP contribution in [-0.4, -0.2) is 48.7 Å². The minimum atomic E-state index is 0.0207. The summed E-state index contributed by atoms with van der Waals surface area (Å²) < 4.78 is 0. The summed E-state index contributed by atoms with van der Waals surface area (Å²) in [7, 11) is 0. The molecular weight excluding hydrogens is 252 g/mol. The second-order valence-electron chi connectivity index (χ2n) is 5.35. The summed E-state index contributed by atoms with van der Waals surface area (Å²) in [5, 5.41) is 9.93. The average molecular weight is 274 g/mol. The molecule has 2 rings (SSSR count). The van der Waals surface area contributed by atoms with E-state index in [-0.39, 0.29) is 5.75 Å². The number of aromatic hydroxyl groups is 1. The van der Waals surface area contributed by atoms with Gasteiger partial charge in [0.05, 0.1) is 12.1 Å². The first-order valence-corrected chi connectivity index (χ1v) is 7.21. The van der Waals surface area contributed by atoms with Crippen LogP contribution in [0.15, 0.2) is 17.1 Å². The van der Waals surface area contributed by atoms with Crippen LogP contribution in [0.2, 0.25) is 0 Å². The Morgan fingerprint density at radius 3 is 2.65 bits per heavy atom. The summed E-state index contributed by atoms with van der Waals surface area (Å²) in [6.07, 6.45) is 6.24. The van der Waals surface area contributed by atoms with Gasteiger partial charge in [-0.25, -0.2) is 0 Å². The van der Waals surface area contributed by atoms with Gasteiger partial charge < -0.3 is 10.0 Å². The highest BCUT2D eigenvalue weighted by atomic mass is 16.3. The van der Waals surface area contributed by atoms with E-state index in [1.807, 2.05) is 13.0 Å². The second-order valence-corrected chi connectivity index (χ2v) is 5.35.